The Labute approximate surface area is 374 Å². The Hall–Kier alpha value is -3.66. The summed E-state index contributed by atoms with van der Waals surface area (Å²) in [6, 6.07) is 10.3. The van der Waals surface area contributed by atoms with Crippen LogP contribution in [-0.4, -0.2) is 46.9 Å². The summed E-state index contributed by atoms with van der Waals surface area (Å²) in [7, 11) is 2.28. The normalized spacial score (nSPS) is 37.2. The fourth-order valence-corrected chi connectivity index (χ4v) is 16.1. The van der Waals surface area contributed by atoms with Crippen LogP contribution >= 0.6 is 0 Å². The van der Waals surface area contributed by atoms with Gasteiger partial charge < -0.3 is 14.7 Å². The number of aryl methyl sites for hydroxylation is 1. The fourth-order valence-electron chi connectivity index (χ4n) is 16.1. The van der Waals surface area contributed by atoms with Gasteiger partial charge >= 0.3 is 11.9 Å². The van der Waals surface area contributed by atoms with Crippen LogP contribution in [0.2, 0.25) is 0 Å². The molecular weight excluding hydrogens is 769 g/mol. The van der Waals surface area contributed by atoms with Crippen molar-refractivity contribution < 1.29 is 24.2 Å². The molecule has 0 radical (unpaired) electrons. The number of carboxylic acids is 1. The second kappa shape index (κ2) is 16.1. The molecule has 0 spiro atoms. The first-order valence-electron chi connectivity index (χ1n) is 24.3. The van der Waals surface area contributed by atoms with E-state index in [-0.39, 0.29) is 56.8 Å². The molecule has 62 heavy (non-hydrogen) atoms. The second-order valence-corrected chi connectivity index (χ2v) is 23.3. The van der Waals surface area contributed by atoms with E-state index in [1.165, 1.54) is 23.3 Å². The molecule has 6 aliphatic rings. The van der Waals surface area contributed by atoms with Gasteiger partial charge in [-0.2, -0.15) is 5.26 Å². The van der Waals surface area contributed by atoms with Crippen molar-refractivity contribution in [1.29, 1.82) is 5.26 Å². The van der Waals surface area contributed by atoms with Gasteiger partial charge in [0.25, 0.3) is 0 Å². The number of carboxylic acid groups (broad SMARTS) is 1. The summed E-state index contributed by atoms with van der Waals surface area (Å²) in [6.45, 7) is 25.3. The molecule has 4 fully saturated rings. The maximum atomic E-state index is 14.1. The number of hydrogen-bond donors (Lipinski definition) is 1. The first-order chi connectivity index (χ1) is 29.0. The van der Waals surface area contributed by atoms with E-state index in [1.807, 2.05) is 12.1 Å². The van der Waals surface area contributed by atoms with E-state index in [9.17, 15) is 24.8 Å². The van der Waals surface area contributed by atoms with Crippen molar-refractivity contribution in [3.63, 3.8) is 0 Å². The molecule has 1 aromatic rings. The molecule has 1 N–H and O–H groups in total. The van der Waals surface area contributed by atoms with E-state index in [0.717, 1.165) is 77.0 Å². The smallest absolute Gasteiger partial charge is 0.309 e. The van der Waals surface area contributed by atoms with Gasteiger partial charge in [0.1, 0.15) is 6.10 Å². The zero-order valence-electron chi connectivity index (χ0n) is 40.4. The van der Waals surface area contributed by atoms with Crippen LogP contribution in [0.4, 0.5) is 0 Å². The number of carbonyl (C=O) groups excluding carboxylic acids is 2. The van der Waals surface area contributed by atoms with E-state index in [4.69, 9.17) is 4.74 Å². The van der Waals surface area contributed by atoms with Crippen molar-refractivity contribution in [1.82, 2.24) is 4.90 Å². The van der Waals surface area contributed by atoms with Gasteiger partial charge in [0, 0.05) is 42.1 Å². The van der Waals surface area contributed by atoms with Crippen LogP contribution in [0.15, 0.2) is 58.8 Å². The van der Waals surface area contributed by atoms with E-state index >= 15 is 0 Å². The van der Waals surface area contributed by atoms with Gasteiger partial charge in [-0.05, 0) is 172 Å². The molecule has 1 heterocycles. The van der Waals surface area contributed by atoms with Gasteiger partial charge in [0.05, 0.1) is 23.5 Å². The number of rotatable bonds is 11. The highest BCUT2D eigenvalue weighted by molar-refractivity contribution is 5.92. The first kappa shape index (κ1) is 46.3. The Balaban J connectivity index is 1.26. The van der Waals surface area contributed by atoms with Gasteiger partial charge in [-0.1, -0.05) is 80.0 Å². The highest BCUT2D eigenvalue weighted by Gasteiger charge is 2.74. The lowest BCUT2D eigenvalue weighted by Crippen LogP contribution is -2.69. The zero-order chi connectivity index (χ0) is 45.4. The molecule has 7 nitrogen and oxygen atoms in total. The highest BCUT2D eigenvalue weighted by Crippen LogP contribution is 2.82. The van der Waals surface area contributed by atoms with Gasteiger partial charge in [-0.25, -0.2) is 0 Å². The quantitative estimate of drug-likeness (QED) is 0.221. The summed E-state index contributed by atoms with van der Waals surface area (Å²) in [4.78, 5) is 41.8. The second-order valence-electron chi connectivity index (χ2n) is 23.3. The molecule has 9 atom stereocenters. The van der Waals surface area contributed by atoms with Crippen LogP contribution in [0.3, 0.4) is 0 Å². The van der Waals surface area contributed by atoms with Gasteiger partial charge in [0.15, 0.2) is 5.78 Å². The van der Waals surface area contributed by atoms with Crippen LogP contribution in [0, 0.1) is 67.0 Å². The minimum atomic E-state index is -1.16. The van der Waals surface area contributed by atoms with E-state index in [1.54, 1.807) is 25.0 Å². The minimum absolute atomic E-state index is 0.0157. The summed E-state index contributed by atoms with van der Waals surface area (Å²) < 4.78 is 6.28. The van der Waals surface area contributed by atoms with Crippen LogP contribution in [-0.2, 0) is 25.5 Å². The van der Waals surface area contributed by atoms with E-state index in [2.05, 4.69) is 105 Å². The van der Waals surface area contributed by atoms with E-state index in [0.29, 0.717) is 29.7 Å². The lowest BCUT2D eigenvalue weighted by Gasteiger charge is -2.75. The number of carbonyl (C=O) groups is 3. The molecular formula is C55H78N2O5. The monoisotopic (exact) mass is 847 g/mol. The number of nitriles is 1. The number of ether oxygens (including phenoxy) is 1. The largest absolute Gasteiger partial charge is 0.481 e. The number of esters is 1. The third-order valence-corrected chi connectivity index (χ3v) is 19.3. The summed E-state index contributed by atoms with van der Waals surface area (Å²) in [5.74, 6) is 0.152. The van der Waals surface area contributed by atoms with Crippen molar-refractivity contribution in [3.05, 3.63) is 70.0 Å². The molecule has 4 saturated carbocycles. The van der Waals surface area contributed by atoms with Crippen LogP contribution in [0.5, 0.6) is 0 Å². The molecule has 338 valence electrons. The molecule has 0 amide bonds. The lowest BCUT2D eigenvalue weighted by atomic mass is 9.29. The Morgan fingerprint density at radius 2 is 1.68 bits per heavy atom. The van der Waals surface area contributed by atoms with Crippen LogP contribution in [0.1, 0.15) is 177 Å². The summed E-state index contributed by atoms with van der Waals surface area (Å²) in [6.07, 6.45) is 18.2. The topological polar surface area (TPSA) is 108 Å². The number of allylic oxidation sites excluding steroid dienone is 5. The predicted octanol–water partition coefficient (Wildman–Crippen LogP) is 12.6. The summed E-state index contributed by atoms with van der Waals surface area (Å²) >= 11 is 0. The van der Waals surface area contributed by atoms with Crippen LogP contribution < -0.4 is 0 Å². The maximum absolute atomic E-state index is 14.1. The third-order valence-electron chi connectivity index (χ3n) is 19.3. The van der Waals surface area contributed by atoms with Gasteiger partial charge in [0.2, 0.25) is 0 Å². The molecule has 9 unspecified atom stereocenters. The Kier molecular flexibility index (Phi) is 12.0. The first-order valence-corrected chi connectivity index (χ1v) is 24.3. The number of fused-ring (bicyclic) bond motifs is 7. The van der Waals surface area contributed by atoms with E-state index < -0.39 is 17.4 Å². The summed E-state index contributed by atoms with van der Waals surface area (Å²) in [5.41, 5.74) is 6.45. The third kappa shape index (κ3) is 6.88. The standard InChI is InChI=1S/C55H78N2O5/c1-13-24-55-27-22-42-51(9)25-23-44(62-45(59)33-49(5,6)48(60)61)50(7,8)41(51)21-26-52(42,10)53(55,11)28-29-54(32-38(14-2)46(35(3)4)47(54)55)43-31-40(58)30-39(57(43)12)20-19-36-15-17-37(34-56)18-16-36/h14-18,31,35,39,41-42,44H,13,19-30,32-33H2,1-12H3,(H,60,61). The lowest BCUT2D eigenvalue weighted by molar-refractivity contribution is -0.253. The molecule has 7 heteroatoms. The molecule has 0 saturated heterocycles. The van der Waals surface area contributed by atoms with Crippen molar-refractivity contribution in [2.24, 2.45) is 55.7 Å². The van der Waals surface area contributed by atoms with Crippen molar-refractivity contribution in [2.45, 2.75) is 185 Å². The van der Waals surface area contributed by atoms with Gasteiger partial charge in [-0.3, -0.25) is 14.4 Å². The van der Waals surface area contributed by atoms with Crippen molar-refractivity contribution in [2.75, 3.05) is 7.05 Å². The Morgan fingerprint density at radius 1 is 1.00 bits per heavy atom. The molecule has 1 aliphatic heterocycles. The average molecular weight is 847 g/mol. The highest BCUT2D eigenvalue weighted by atomic mass is 16.5. The SMILES string of the molecule is CC=C1CC2(C3=CC(=O)CC(CCc4ccc(C#N)cc4)N3C)CCC3(C)C(CCC)(CCC4C5(C)CCC(OC(=O)CC(C)(C)C(=O)O)C(C)(C)C5CCC43C)C2=C1C(C)C. The maximum Gasteiger partial charge on any atom is 0.309 e. The number of hydrogen-bond acceptors (Lipinski definition) is 6. The predicted molar refractivity (Wildman–Crippen MR) is 247 cm³/mol. The number of benzene rings is 1. The zero-order valence-corrected chi connectivity index (χ0v) is 40.4. The van der Waals surface area contributed by atoms with Gasteiger partial charge in [-0.15, -0.1) is 0 Å². The van der Waals surface area contributed by atoms with Crippen molar-refractivity contribution >= 4 is 17.7 Å². The molecule has 5 aliphatic carbocycles. The fraction of sp³-hybridized carbons (Fsp3) is 0.709. The average Bonchev–Trinajstić information content (AvgIpc) is 3.57. The number of aliphatic carboxylic acids is 1. The minimum Gasteiger partial charge on any atom is -0.481 e. The number of nitrogens with zero attached hydrogens (tertiary/aromatic N) is 2. The molecule has 0 bridgehead atoms. The van der Waals surface area contributed by atoms with Crippen molar-refractivity contribution in [3.8, 4) is 6.07 Å². The number of ketones is 1. The van der Waals surface area contributed by atoms with Crippen LogP contribution in [0.25, 0.3) is 0 Å². The Bertz CT molecular complexity index is 2100. The molecule has 1 aromatic carbocycles. The molecule has 7 rings (SSSR count). The summed E-state index contributed by atoms with van der Waals surface area (Å²) in [5, 5.41) is 19.1. The molecule has 0 aromatic heterocycles. The Morgan fingerprint density at radius 3 is 2.29 bits per heavy atom.